The minimum Gasteiger partial charge on any atom is -0.493 e. The number of anilines is 1. The molecule has 0 spiro atoms. The van der Waals surface area contributed by atoms with Gasteiger partial charge in [-0.1, -0.05) is 12.1 Å². The predicted molar refractivity (Wildman–Crippen MR) is 96.2 cm³/mol. The van der Waals surface area contributed by atoms with E-state index in [9.17, 15) is 9.59 Å². The van der Waals surface area contributed by atoms with Crippen LogP contribution in [0.15, 0.2) is 36.4 Å². The Morgan fingerprint density at radius 1 is 1.00 bits per heavy atom. The molecule has 0 aliphatic rings. The molecule has 0 aliphatic carbocycles. The number of benzene rings is 2. The summed E-state index contributed by atoms with van der Waals surface area (Å²) in [5, 5.41) is 2.64. The Morgan fingerprint density at radius 3 is 2.19 bits per heavy atom. The second-order valence-electron chi connectivity index (χ2n) is 5.37. The number of hydrogen-bond acceptors (Lipinski definition) is 6. The highest BCUT2D eigenvalue weighted by Crippen LogP contribution is 2.38. The summed E-state index contributed by atoms with van der Waals surface area (Å²) in [6.07, 6.45) is 0. The van der Waals surface area contributed by atoms with Crippen LogP contribution in [0.5, 0.6) is 17.2 Å². The van der Waals surface area contributed by atoms with Crippen molar-refractivity contribution in [2.45, 2.75) is 6.92 Å². The van der Waals surface area contributed by atoms with E-state index in [-0.39, 0.29) is 12.2 Å². The molecule has 2 rings (SSSR count). The Hall–Kier alpha value is -3.22. The van der Waals surface area contributed by atoms with E-state index in [0.29, 0.717) is 22.9 Å². The quantitative estimate of drug-likeness (QED) is 0.766. The molecular weight excluding hydrogens is 338 g/mol. The van der Waals surface area contributed by atoms with Crippen LogP contribution in [0.4, 0.5) is 5.69 Å². The standard InChI is InChI=1S/C19H21NO6/c1-12-9-15(23-2)18(16(10-12)24-3)26-11-17(21)20-14-8-6-5-7-13(14)19(22)25-4/h5-10H,11H2,1-4H3,(H,20,21). The van der Waals surface area contributed by atoms with Gasteiger partial charge in [-0.3, -0.25) is 4.79 Å². The molecule has 0 saturated carbocycles. The number of aryl methyl sites for hydroxylation is 1. The Balaban J connectivity index is 2.12. The smallest absolute Gasteiger partial charge is 0.339 e. The molecule has 0 aliphatic heterocycles. The average Bonchev–Trinajstić information content (AvgIpc) is 2.65. The largest absolute Gasteiger partial charge is 0.493 e. The monoisotopic (exact) mass is 359 g/mol. The van der Waals surface area contributed by atoms with Gasteiger partial charge in [0.1, 0.15) is 0 Å². The van der Waals surface area contributed by atoms with Crippen LogP contribution in [-0.2, 0) is 9.53 Å². The van der Waals surface area contributed by atoms with Gasteiger partial charge in [0.25, 0.3) is 5.91 Å². The Morgan fingerprint density at radius 2 is 1.62 bits per heavy atom. The molecule has 1 amide bonds. The van der Waals surface area contributed by atoms with Gasteiger partial charge in [-0.25, -0.2) is 4.79 Å². The summed E-state index contributed by atoms with van der Waals surface area (Å²) in [5.41, 5.74) is 1.53. The Labute approximate surface area is 151 Å². The van der Waals surface area contributed by atoms with Crippen molar-refractivity contribution in [2.75, 3.05) is 33.3 Å². The Kier molecular flexibility index (Phi) is 6.43. The molecule has 0 radical (unpaired) electrons. The van der Waals surface area contributed by atoms with Crippen molar-refractivity contribution in [2.24, 2.45) is 0 Å². The molecule has 0 atom stereocenters. The van der Waals surface area contributed by atoms with Crippen LogP contribution >= 0.6 is 0 Å². The van der Waals surface area contributed by atoms with E-state index >= 15 is 0 Å². The number of hydrogen-bond donors (Lipinski definition) is 1. The summed E-state index contributed by atoms with van der Waals surface area (Å²) >= 11 is 0. The zero-order valence-electron chi connectivity index (χ0n) is 15.1. The molecule has 0 unspecified atom stereocenters. The molecule has 0 aromatic heterocycles. The van der Waals surface area contributed by atoms with Gasteiger partial charge < -0.3 is 24.3 Å². The van der Waals surface area contributed by atoms with Gasteiger partial charge in [-0.05, 0) is 36.8 Å². The highest BCUT2D eigenvalue weighted by Gasteiger charge is 2.17. The number of para-hydroxylation sites is 1. The minimum absolute atomic E-state index is 0.258. The zero-order valence-corrected chi connectivity index (χ0v) is 15.1. The molecule has 138 valence electrons. The number of esters is 1. The molecule has 2 aromatic carbocycles. The summed E-state index contributed by atoms with van der Waals surface area (Å²) in [7, 11) is 4.29. The van der Waals surface area contributed by atoms with Crippen LogP contribution in [0.3, 0.4) is 0 Å². The van der Waals surface area contributed by atoms with Crippen LogP contribution < -0.4 is 19.5 Å². The van der Waals surface area contributed by atoms with Gasteiger partial charge in [0.05, 0.1) is 32.6 Å². The molecule has 7 heteroatoms. The lowest BCUT2D eigenvalue weighted by Gasteiger charge is -2.15. The lowest BCUT2D eigenvalue weighted by molar-refractivity contribution is -0.118. The van der Waals surface area contributed by atoms with Gasteiger partial charge in [0, 0.05) is 0 Å². The maximum atomic E-state index is 12.2. The number of ether oxygens (including phenoxy) is 4. The van der Waals surface area contributed by atoms with E-state index in [1.165, 1.54) is 21.3 Å². The van der Waals surface area contributed by atoms with Crippen molar-refractivity contribution in [3.63, 3.8) is 0 Å². The van der Waals surface area contributed by atoms with Crippen LogP contribution in [0.1, 0.15) is 15.9 Å². The van der Waals surface area contributed by atoms with Crippen LogP contribution in [0.2, 0.25) is 0 Å². The zero-order chi connectivity index (χ0) is 19.1. The van der Waals surface area contributed by atoms with Crippen molar-refractivity contribution in [3.8, 4) is 17.2 Å². The van der Waals surface area contributed by atoms with E-state index in [4.69, 9.17) is 18.9 Å². The fourth-order valence-electron chi connectivity index (χ4n) is 2.36. The number of carbonyl (C=O) groups is 2. The maximum Gasteiger partial charge on any atom is 0.339 e. The molecule has 0 saturated heterocycles. The van der Waals surface area contributed by atoms with E-state index < -0.39 is 11.9 Å². The van der Waals surface area contributed by atoms with Crippen LogP contribution in [-0.4, -0.2) is 39.8 Å². The van der Waals surface area contributed by atoms with E-state index in [1.54, 1.807) is 36.4 Å². The van der Waals surface area contributed by atoms with E-state index in [2.05, 4.69) is 5.32 Å². The number of nitrogens with one attached hydrogen (secondary N) is 1. The number of rotatable bonds is 7. The third kappa shape index (κ3) is 4.44. The second-order valence-corrected chi connectivity index (χ2v) is 5.37. The molecule has 2 aromatic rings. The Bertz CT molecular complexity index is 777. The molecule has 0 bridgehead atoms. The third-order valence-electron chi connectivity index (χ3n) is 3.56. The van der Waals surface area contributed by atoms with Gasteiger partial charge in [-0.15, -0.1) is 0 Å². The highest BCUT2D eigenvalue weighted by atomic mass is 16.5. The first-order chi connectivity index (χ1) is 12.5. The van der Waals surface area contributed by atoms with E-state index in [1.807, 2.05) is 6.92 Å². The normalized spacial score (nSPS) is 10.0. The lowest BCUT2D eigenvalue weighted by atomic mass is 10.2. The number of carbonyl (C=O) groups excluding carboxylic acids is 2. The number of amides is 1. The van der Waals surface area contributed by atoms with Gasteiger partial charge >= 0.3 is 5.97 Å². The maximum absolute atomic E-state index is 12.2. The fourth-order valence-corrected chi connectivity index (χ4v) is 2.36. The first-order valence-corrected chi connectivity index (χ1v) is 7.82. The SMILES string of the molecule is COC(=O)c1ccccc1NC(=O)COc1c(OC)cc(C)cc1OC. The average molecular weight is 359 g/mol. The molecule has 0 fully saturated rings. The molecule has 26 heavy (non-hydrogen) atoms. The second kappa shape index (κ2) is 8.75. The van der Waals surface area contributed by atoms with E-state index in [0.717, 1.165) is 5.56 Å². The summed E-state index contributed by atoms with van der Waals surface area (Å²) in [6.45, 7) is 1.61. The van der Waals surface area contributed by atoms with Crippen molar-refractivity contribution in [3.05, 3.63) is 47.5 Å². The lowest BCUT2D eigenvalue weighted by Crippen LogP contribution is -2.22. The van der Waals surface area contributed by atoms with Crippen molar-refractivity contribution in [1.82, 2.24) is 0 Å². The van der Waals surface area contributed by atoms with Crippen LogP contribution in [0.25, 0.3) is 0 Å². The van der Waals surface area contributed by atoms with Crippen molar-refractivity contribution in [1.29, 1.82) is 0 Å². The molecule has 7 nitrogen and oxygen atoms in total. The summed E-state index contributed by atoms with van der Waals surface area (Å²) in [6, 6.07) is 10.1. The number of methoxy groups -OCH3 is 3. The topological polar surface area (TPSA) is 83.1 Å². The summed E-state index contributed by atoms with van der Waals surface area (Å²) in [5.74, 6) is 0.279. The van der Waals surface area contributed by atoms with Gasteiger partial charge in [-0.2, -0.15) is 0 Å². The molecular formula is C19H21NO6. The first-order valence-electron chi connectivity index (χ1n) is 7.82. The van der Waals surface area contributed by atoms with Crippen molar-refractivity contribution < 1.29 is 28.5 Å². The summed E-state index contributed by atoms with van der Waals surface area (Å²) in [4.78, 5) is 24.0. The fraction of sp³-hybridized carbons (Fsp3) is 0.263. The third-order valence-corrected chi connectivity index (χ3v) is 3.56. The predicted octanol–water partition coefficient (Wildman–Crippen LogP) is 2.82. The summed E-state index contributed by atoms with van der Waals surface area (Å²) < 4.78 is 20.9. The molecule has 0 heterocycles. The first kappa shape index (κ1) is 19.1. The van der Waals surface area contributed by atoms with Crippen molar-refractivity contribution >= 4 is 17.6 Å². The van der Waals surface area contributed by atoms with Gasteiger partial charge in [0.15, 0.2) is 18.1 Å². The highest BCUT2D eigenvalue weighted by molar-refractivity contribution is 6.01. The van der Waals surface area contributed by atoms with Crippen LogP contribution in [0, 0.1) is 6.92 Å². The van der Waals surface area contributed by atoms with Gasteiger partial charge in [0.2, 0.25) is 5.75 Å². The minimum atomic E-state index is -0.538. The molecule has 1 N–H and O–H groups in total.